The Hall–Kier alpha value is -5.66. The molecule has 0 aliphatic carbocycles. The third kappa shape index (κ3) is 15.5. The van der Waals surface area contributed by atoms with Gasteiger partial charge in [0.2, 0.25) is 0 Å². The zero-order chi connectivity index (χ0) is 64.3. The molecule has 9 atom stereocenters. The summed E-state index contributed by atoms with van der Waals surface area (Å²) in [6.45, 7) is 24.6. The first-order chi connectivity index (χ1) is 42.3. The average Bonchev–Trinajstić information content (AvgIpc) is 1.07. The highest BCUT2D eigenvalue weighted by atomic mass is 16.5. The Kier molecular flexibility index (Phi) is 22.0. The van der Waals surface area contributed by atoms with Gasteiger partial charge >= 0.3 is 0 Å². The Morgan fingerprint density at radius 3 is 1.12 bits per heavy atom. The van der Waals surface area contributed by atoms with Gasteiger partial charge in [-0.1, -0.05) is 55.4 Å². The fourth-order valence-corrected chi connectivity index (χ4v) is 16.0. The van der Waals surface area contributed by atoms with Crippen LogP contribution in [-0.2, 0) is 35.3 Å². The quantitative estimate of drug-likeness (QED) is 0.0655. The van der Waals surface area contributed by atoms with Crippen LogP contribution in [0.4, 0.5) is 0 Å². The van der Waals surface area contributed by atoms with Crippen molar-refractivity contribution in [1.82, 2.24) is 19.6 Å². The van der Waals surface area contributed by atoms with Crippen molar-refractivity contribution >= 4 is 11.6 Å². The van der Waals surface area contributed by atoms with E-state index in [9.17, 15) is 45.3 Å². The summed E-state index contributed by atoms with van der Waals surface area (Å²) in [5, 5.41) is 72.0. The molecule has 4 fully saturated rings. The summed E-state index contributed by atoms with van der Waals surface area (Å²) in [6, 6.07) is 15.2. The van der Waals surface area contributed by atoms with Crippen molar-refractivity contribution in [2.45, 2.75) is 168 Å². The van der Waals surface area contributed by atoms with Gasteiger partial charge in [-0.15, -0.1) is 0 Å². The molecule has 4 aromatic carbocycles. The smallest absolute Gasteiger partial charge is 0.168 e. The summed E-state index contributed by atoms with van der Waals surface area (Å²) in [5.74, 6) is 4.51. The molecule has 17 nitrogen and oxygen atoms in total. The fraction of sp³-hybridized carbons (Fsp3) is 0.639. The molecule has 0 radical (unpaired) electrons. The number of carbonyl (C=O) groups excluding carboxylic acids is 2. The van der Waals surface area contributed by atoms with Crippen LogP contribution in [-0.4, -0.2) is 160 Å². The second-order valence-electron chi connectivity index (χ2n) is 28.5. The number of piperidine rings is 4. The number of aromatic hydroxyl groups is 4. The summed E-state index contributed by atoms with van der Waals surface area (Å²) in [4.78, 5) is 34.6. The lowest BCUT2D eigenvalue weighted by molar-refractivity contribution is -0.241. The number of methoxy groups -OCH3 is 4. The van der Waals surface area contributed by atoms with Gasteiger partial charge < -0.3 is 54.7 Å². The molecule has 12 rings (SSSR count). The molecule has 490 valence electrons. The summed E-state index contributed by atoms with van der Waals surface area (Å²) >= 11 is 0. The number of aliphatic hydroxyl groups excluding tert-OH is 1. The van der Waals surface area contributed by atoms with Crippen LogP contribution in [0.15, 0.2) is 48.5 Å². The molecule has 4 aromatic rings. The van der Waals surface area contributed by atoms with Crippen molar-refractivity contribution in [2.24, 2.45) is 47.3 Å². The maximum Gasteiger partial charge on any atom is 0.168 e. The van der Waals surface area contributed by atoms with Crippen molar-refractivity contribution in [2.75, 3.05) is 80.8 Å². The minimum atomic E-state index is -1.66. The molecule has 0 saturated carbocycles. The van der Waals surface area contributed by atoms with Crippen LogP contribution in [0.25, 0.3) is 0 Å². The van der Waals surface area contributed by atoms with E-state index in [1.54, 1.807) is 46.6 Å². The third-order valence-electron chi connectivity index (χ3n) is 20.4. The van der Waals surface area contributed by atoms with Gasteiger partial charge in [-0.25, -0.2) is 0 Å². The fourth-order valence-electron chi connectivity index (χ4n) is 16.0. The number of aliphatic hydroxyl groups is 3. The number of hydrogen-bond acceptors (Lipinski definition) is 17. The van der Waals surface area contributed by atoms with E-state index in [1.165, 1.54) is 16.7 Å². The summed E-state index contributed by atoms with van der Waals surface area (Å²) in [6.07, 6.45) is 9.52. The topological polar surface area (TPSA) is 226 Å². The van der Waals surface area contributed by atoms with Crippen molar-refractivity contribution in [3.63, 3.8) is 0 Å². The second kappa shape index (κ2) is 28.9. The van der Waals surface area contributed by atoms with Crippen LogP contribution in [0, 0.1) is 47.3 Å². The first-order valence-electron chi connectivity index (χ1n) is 33.0. The van der Waals surface area contributed by atoms with Gasteiger partial charge in [0.05, 0.1) is 34.5 Å². The molecule has 0 aromatic heterocycles. The molecule has 8 heterocycles. The van der Waals surface area contributed by atoms with Crippen molar-refractivity contribution in [3.05, 3.63) is 93.0 Å². The molecule has 89 heavy (non-hydrogen) atoms. The molecule has 0 bridgehead atoms. The minimum Gasteiger partial charge on any atom is -0.504 e. The highest BCUT2D eigenvalue weighted by Crippen LogP contribution is 2.49. The number of hydrogen-bond donors (Lipinski definition) is 7. The second-order valence-corrected chi connectivity index (χ2v) is 28.5. The maximum absolute atomic E-state index is 12.5. The number of carbonyl (C=O) groups is 2. The SMILES string of the molecule is COc1cc2c(cc1O)C1CC(=O)[C@@H](CC(C)C)CN1CC2.COc1cc2c(cc1O)C1C[C@H](O)[C@@H](CC(C)C)CN1CC2.COc1cc2c(cc1O)[C@H]1CC(=O)C(CC(C)C)CN1CC2.COc1cc2c(cc1O)[C@H]1CC(O)(O)C(CC(C)C)CN1CC2. The molecular formula is C72H104N4O13. The highest BCUT2D eigenvalue weighted by molar-refractivity contribution is 5.84. The van der Waals surface area contributed by atoms with Crippen molar-refractivity contribution in [3.8, 4) is 46.0 Å². The van der Waals surface area contributed by atoms with E-state index in [0.29, 0.717) is 83.5 Å². The van der Waals surface area contributed by atoms with Gasteiger partial charge in [0.15, 0.2) is 51.8 Å². The van der Waals surface area contributed by atoms with E-state index < -0.39 is 5.79 Å². The van der Waals surface area contributed by atoms with E-state index in [0.717, 1.165) is 131 Å². The predicted octanol–water partition coefficient (Wildman–Crippen LogP) is 10.6. The van der Waals surface area contributed by atoms with Gasteiger partial charge in [-0.2, -0.15) is 0 Å². The number of phenolic OH excluding ortho intramolecular Hbond substituents is 4. The van der Waals surface area contributed by atoms with Crippen LogP contribution in [0.5, 0.6) is 46.0 Å². The normalized spacial score (nSPS) is 26.3. The van der Waals surface area contributed by atoms with Crippen LogP contribution in [0.2, 0.25) is 0 Å². The van der Waals surface area contributed by atoms with Crippen molar-refractivity contribution < 1.29 is 64.3 Å². The number of Topliss-reactive ketones (excluding diaryl/α,β-unsaturated/α-hetero) is 2. The summed E-state index contributed by atoms with van der Waals surface area (Å²) < 4.78 is 20.8. The number of benzene rings is 4. The molecule has 4 unspecified atom stereocenters. The molecule has 4 saturated heterocycles. The molecule has 8 aliphatic rings. The number of rotatable bonds is 12. The zero-order valence-corrected chi connectivity index (χ0v) is 55.1. The first-order valence-corrected chi connectivity index (χ1v) is 33.0. The predicted molar refractivity (Wildman–Crippen MR) is 344 cm³/mol. The van der Waals surface area contributed by atoms with Crippen LogP contribution < -0.4 is 18.9 Å². The van der Waals surface area contributed by atoms with Crippen LogP contribution in [0.3, 0.4) is 0 Å². The van der Waals surface area contributed by atoms with Gasteiger partial charge in [0.25, 0.3) is 0 Å². The van der Waals surface area contributed by atoms with Gasteiger partial charge in [0.1, 0.15) is 11.6 Å². The number of fused-ring (bicyclic) bond motifs is 12. The van der Waals surface area contributed by atoms with Gasteiger partial charge in [-0.3, -0.25) is 29.2 Å². The van der Waals surface area contributed by atoms with E-state index in [2.05, 4.69) is 75.0 Å². The largest absolute Gasteiger partial charge is 0.504 e. The Morgan fingerprint density at radius 1 is 0.449 bits per heavy atom. The van der Waals surface area contributed by atoms with Crippen LogP contribution in [0.1, 0.15) is 175 Å². The summed E-state index contributed by atoms with van der Waals surface area (Å²) in [5.41, 5.74) is 9.11. The minimum absolute atomic E-state index is 0.0611. The van der Waals surface area contributed by atoms with Gasteiger partial charge in [-0.05, 0) is 180 Å². The highest BCUT2D eigenvalue weighted by Gasteiger charge is 2.47. The Labute approximate surface area is 528 Å². The van der Waals surface area contributed by atoms with E-state index in [1.807, 2.05) is 30.3 Å². The average molecular weight is 1230 g/mol. The number of nitrogens with zero attached hydrogens (tertiary/aromatic N) is 4. The lowest BCUT2D eigenvalue weighted by atomic mass is 9.77. The molecule has 7 N–H and O–H groups in total. The first kappa shape index (κ1) is 67.7. The Morgan fingerprint density at radius 2 is 0.775 bits per heavy atom. The third-order valence-corrected chi connectivity index (χ3v) is 20.4. The lowest BCUT2D eigenvalue weighted by Gasteiger charge is -2.49. The Bertz CT molecular complexity index is 3000. The molecular weight excluding hydrogens is 1130 g/mol. The number of ketones is 2. The van der Waals surface area contributed by atoms with Crippen molar-refractivity contribution in [1.29, 1.82) is 0 Å². The van der Waals surface area contributed by atoms with Crippen LogP contribution >= 0.6 is 0 Å². The number of ether oxygens (including phenoxy) is 4. The Balaban J connectivity index is 0.000000141. The maximum atomic E-state index is 12.5. The van der Waals surface area contributed by atoms with Gasteiger partial charge in [0, 0.05) is 114 Å². The lowest BCUT2D eigenvalue weighted by Crippen LogP contribution is -2.55. The number of phenols is 4. The molecule has 8 aliphatic heterocycles. The molecule has 17 heteroatoms. The monoisotopic (exact) mass is 1230 g/mol. The van der Waals surface area contributed by atoms with E-state index in [4.69, 9.17) is 18.9 Å². The zero-order valence-electron chi connectivity index (χ0n) is 55.1. The molecule has 0 spiro atoms. The van der Waals surface area contributed by atoms with E-state index >= 15 is 0 Å². The standard InChI is InChI=1S/C18H27NO4.C18H27NO3.2C18H25NO3/c1-11(2)6-13-10-19-5-4-12-7-17(23-3)16(20)8-14(12)15(19)9-18(13,21)22;3*1-11(2)6-13-10-19-5-4-12-7-18(22-3)17(21)8-14(12)15(19)9-16(13)20/h7-8,11,13,15,20-22H,4-6,9-10H2,1-3H3;7-8,11,13,15-16,20-21H,4-6,9-10H2,1-3H3;2*7-8,11,13,15,21H,4-6,9-10H2,1-3H3/t13?,15-;13-,15?,16-;13?,15-;13-,15?/m1010/s1. The summed E-state index contributed by atoms with van der Waals surface area (Å²) in [7, 11) is 6.26. The van der Waals surface area contributed by atoms with E-state index in [-0.39, 0.29) is 77.4 Å². The molecule has 0 amide bonds.